The molecule has 112 valence electrons. The van der Waals surface area contributed by atoms with Crippen molar-refractivity contribution in [1.29, 1.82) is 0 Å². The molecule has 0 amide bonds. The molecule has 0 aliphatic heterocycles. The zero-order chi connectivity index (χ0) is 15.4. The third-order valence-electron chi connectivity index (χ3n) is 3.07. The number of methoxy groups -OCH3 is 1. The number of aliphatic hydroxyl groups excluding tert-OH is 1. The highest BCUT2D eigenvalue weighted by Gasteiger charge is 2.10. The summed E-state index contributed by atoms with van der Waals surface area (Å²) in [6, 6.07) is 10.00. The van der Waals surface area contributed by atoms with Gasteiger partial charge in [-0.1, -0.05) is 15.9 Å². The van der Waals surface area contributed by atoms with E-state index in [1.165, 1.54) is 19.1 Å². The highest BCUT2D eigenvalue weighted by Crippen LogP contribution is 2.26. The van der Waals surface area contributed by atoms with Crippen LogP contribution in [0, 0.1) is 5.82 Å². The number of hydrogen-bond donors (Lipinski definition) is 1. The van der Waals surface area contributed by atoms with E-state index in [0.29, 0.717) is 5.75 Å². The summed E-state index contributed by atoms with van der Waals surface area (Å²) in [6.45, 7) is 1.80. The van der Waals surface area contributed by atoms with Crippen LogP contribution in [0.15, 0.2) is 40.9 Å². The predicted octanol–water partition coefficient (Wildman–Crippen LogP) is 4.23. The fraction of sp³-hybridized carbons (Fsp3) is 0.250. The molecule has 0 aliphatic rings. The average Bonchev–Trinajstić information content (AvgIpc) is 2.46. The Bertz CT molecular complexity index is 629. The van der Waals surface area contributed by atoms with E-state index in [4.69, 9.17) is 9.47 Å². The SMILES string of the molecule is COc1ccc(Br)c(COc2ccc(C(C)O)c(F)c2)c1. The van der Waals surface area contributed by atoms with Crippen LogP contribution in [0.2, 0.25) is 0 Å². The third-order valence-corrected chi connectivity index (χ3v) is 3.84. The van der Waals surface area contributed by atoms with Gasteiger partial charge in [-0.25, -0.2) is 4.39 Å². The van der Waals surface area contributed by atoms with Gasteiger partial charge in [0.1, 0.15) is 23.9 Å². The second kappa shape index (κ2) is 6.91. The van der Waals surface area contributed by atoms with Crippen LogP contribution in [0.5, 0.6) is 11.5 Å². The molecular weight excluding hydrogens is 339 g/mol. The van der Waals surface area contributed by atoms with E-state index in [9.17, 15) is 9.50 Å². The molecule has 0 fully saturated rings. The number of aliphatic hydroxyl groups is 1. The van der Waals surface area contributed by atoms with Crippen molar-refractivity contribution < 1.29 is 19.0 Å². The van der Waals surface area contributed by atoms with Gasteiger partial charge in [0.2, 0.25) is 0 Å². The maximum Gasteiger partial charge on any atom is 0.132 e. The molecule has 1 atom stereocenters. The molecule has 0 saturated carbocycles. The van der Waals surface area contributed by atoms with Crippen LogP contribution in [-0.4, -0.2) is 12.2 Å². The molecule has 2 rings (SSSR count). The van der Waals surface area contributed by atoms with Crippen molar-refractivity contribution in [3.63, 3.8) is 0 Å². The maximum atomic E-state index is 13.8. The van der Waals surface area contributed by atoms with Gasteiger partial charge >= 0.3 is 0 Å². The van der Waals surface area contributed by atoms with Gasteiger partial charge < -0.3 is 14.6 Å². The smallest absolute Gasteiger partial charge is 0.132 e. The lowest BCUT2D eigenvalue weighted by molar-refractivity contribution is 0.194. The van der Waals surface area contributed by atoms with Gasteiger partial charge in [-0.3, -0.25) is 0 Å². The fourth-order valence-electron chi connectivity index (χ4n) is 1.89. The first-order chi connectivity index (χ1) is 10.0. The zero-order valence-electron chi connectivity index (χ0n) is 11.8. The van der Waals surface area contributed by atoms with Gasteiger partial charge in [0.05, 0.1) is 13.2 Å². The molecule has 1 N–H and O–H groups in total. The van der Waals surface area contributed by atoms with Crippen LogP contribution in [-0.2, 0) is 6.61 Å². The Hall–Kier alpha value is -1.59. The Kier molecular flexibility index (Phi) is 5.20. The van der Waals surface area contributed by atoms with Crippen LogP contribution in [0.25, 0.3) is 0 Å². The van der Waals surface area contributed by atoms with Gasteiger partial charge in [-0.05, 0) is 37.3 Å². The summed E-state index contributed by atoms with van der Waals surface area (Å²) >= 11 is 3.44. The first-order valence-electron chi connectivity index (χ1n) is 6.44. The summed E-state index contributed by atoms with van der Waals surface area (Å²) in [6.07, 6.45) is -0.841. The summed E-state index contributed by atoms with van der Waals surface area (Å²) in [5.74, 6) is 0.659. The van der Waals surface area contributed by atoms with E-state index in [0.717, 1.165) is 15.8 Å². The zero-order valence-corrected chi connectivity index (χ0v) is 13.4. The van der Waals surface area contributed by atoms with Crippen molar-refractivity contribution in [1.82, 2.24) is 0 Å². The number of halogens is 2. The molecule has 2 aromatic rings. The fourth-order valence-corrected chi connectivity index (χ4v) is 2.25. The van der Waals surface area contributed by atoms with Gasteiger partial charge in [-0.2, -0.15) is 0 Å². The van der Waals surface area contributed by atoms with Crippen LogP contribution < -0.4 is 9.47 Å². The molecule has 2 aromatic carbocycles. The number of benzene rings is 2. The van der Waals surface area contributed by atoms with Crippen LogP contribution in [0.4, 0.5) is 4.39 Å². The Labute approximate surface area is 131 Å². The predicted molar refractivity (Wildman–Crippen MR) is 82.1 cm³/mol. The molecule has 0 spiro atoms. The largest absolute Gasteiger partial charge is 0.497 e. The molecular formula is C16H16BrFO3. The van der Waals surface area contributed by atoms with Crippen molar-refractivity contribution in [2.45, 2.75) is 19.6 Å². The Morgan fingerprint density at radius 3 is 2.52 bits per heavy atom. The molecule has 0 radical (unpaired) electrons. The molecule has 5 heteroatoms. The lowest BCUT2D eigenvalue weighted by Crippen LogP contribution is -2.00. The number of hydrogen-bond acceptors (Lipinski definition) is 3. The summed E-state index contributed by atoms with van der Waals surface area (Å²) in [5.41, 5.74) is 1.15. The Balaban J connectivity index is 2.11. The van der Waals surface area contributed by atoms with Gasteiger partial charge in [0, 0.05) is 21.7 Å². The lowest BCUT2D eigenvalue weighted by Gasteiger charge is -2.11. The van der Waals surface area contributed by atoms with E-state index in [2.05, 4.69) is 15.9 Å². The molecule has 0 bridgehead atoms. The third kappa shape index (κ3) is 3.95. The number of ether oxygens (including phenoxy) is 2. The summed E-state index contributed by atoms with van der Waals surface area (Å²) in [5, 5.41) is 9.40. The molecule has 21 heavy (non-hydrogen) atoms. The van der Waals surface area contributed by atoms with Crippen LogP contribution >= 0.6 is 15.9 Å². The topological polar surface area (TPSA) is 38.7 Å². The van der Waals surface area contributed by atoms with Crippen molar-refractivity contribution >= 4 is 15.9 Å². The molecule has 0 aliphatic carbocycles. The van der Waals surface area contributed by atoms with Crippen molar-refractivity contribution in [2.75, 3.05) is 7.11 Å². The molecule has 0 heterocycles. The molecule has 1 unspecified atom stereocenters. The first kappa shape index (κ1) is 15.8. The summed E-state index contributed by atoms with van der Waals surface area (Å²) in [4.78, 5) is 0. The quantitative estimate of drug-likeness (QED) is 0.873. The van der Waals surface area contributed by atoms with E-state index in [1.54, 1.807) is 13.2 Å². The molecule has 3 nitrogen and oxygen atoms in total. The minimum atomic E-state index is -0.841. The molecule has 0 aromatic heterocycles. The second-order valence-electron chi connectivity index (χ2n) is 4.61. The van der Waals surface area contributed by atoms with E-state index >= 15 is 0 Å². The van der Waals surface area contributed by atoms with E-state index in [-0.39, 0.29) is 12.2 Å². The van der Waals surface area contributed by atoms with E-state index < -0.39 is 11.9 Å². The maximum absolute atomic E-state index is 13.8. The summed E-state index contributed by atoms with van der Waals surface area (Å²) in [7, 11) is 1.60. The van der Waals surface area contributed by atoms with Gasteiger partial charge in [0.15, 0.2) is 0 Å². The highest BCUT2D eigenvalue weighted by molar-refractivity contribution is 9.10. The lowest BCUT2D eigenvalue weighted by atomic mass is 10.1. The van der Waals surface area contributed by atoms with Crippen LogP contribution in [0.1, 0.15) is 24.2 Å². The van der Waals surface area contributed by atoms with Crippen molar-refractivity contribution in [3.8, 4) is 11.5 Å². The summed E-state index contributed by atoms with van der Waals surface area (Å²) < 4.78 is 25.4. The minimum absolute atomic E-state index is 0.255. The second-order valence-corrected chi connectivity index (χ2v) is 5.46. The van der Waals surface area contributed by atoms with Crippen molar-refractivity contribution in [3.05, 3.63) is 57.8 Å². The Morgan fingerprint density at radius 2 is 1.90 bits per heavy atom. The number of rotatable bonds is 5. The Morgan fingerprint density at radius 1 is 1.19 bits per heavy atom. The molecule has 0 saturated heterocycles. The van der Waals surface area contributed by atoms with Crippen molar-refractivity contribution in [2.24, 2.45) is 0 Å². The standard InChI is InChI=1S/C16H16BrFO3/c1-10(19)14-5-3-13(8-16(14)18)21-9-11-7-12(20-2)4-6-15(11)17/h3-8,10,19H,9H2,1-2H3. The normalized spacial score (nSPS) is 12.0. The monoisotopic (exact) mass is 354 g/mol. The highest BCUT2D eigenvalue weighted by atomic mass is 79.9. The average molecular weight is 355 g/mol. The minimum Gasteiger partial charge on any atom is -0.497 e. The van der Waals surface area contributed by atoms with Gasteiger partial charge in [0.25, 0.3) is 0 Å². The first-order valence-corrected chi connectivity index (χ1v) is 7.23. The van der Waals surface area contributed by atoms with Crippen LogP contribution in [0.3, 0.4) is 0 Å². The van der Waals surface area contributed by atoms with E-state index in [1.807, 2.05) is 18.2 Å². The van der Waals surface area contributed by atoms with Gasteiger partial charge in [-0.15, -0.1) is 0 Å².